The van der Waals surface area contributed by atoms with Gasteiger partial charge in [0.05, 0.1) is 31.9 Å². The second kappa shape index (κ2) is 9.47. The molecule has 156 valence electrons. The van der Waals surface area contributed by atoms with E-state index in [4.69, 9.17) is 4.74 Å². The number of aliphatic hydroxyl groups excluding tert-OH is 1. The molecular formula is C21H28FN5O2. The fourth-order valence-electron chi connectivity index (χ4n) is 4.19. The number of morpholine rings is 1. The first-order valence-electron chi connectivity index (χ1n) is 10.3. The van der Waals surface area contributed by atoms with Gasteiger partial charge in [0.15, 0.2) is 0 Å². The van der Waals surface area contributed by atoms with Crippen LogP contribution in [-0.4, -0.2) is 72.0 Å². The molecule has 8 heteroatoms. The zero-order valence-corrected chi connectivity index (χ0v) is 16.5. The summed E-state index contributed by atoms with van der Waals surface area (Å²) in [4.78, 5) is 13.2. The van der Waals surface area contributed by atoms with E-state index in [1.807, 2.05) is 12.1 Å². The highest BCUT2D eigenvalue weighted by Gasteiger charge is 2.26. The van der Waals surface area contributed by atoms with Gasteiger partial charge in [-0.1, -0.05) is 12.1 Å². The Morgan fingerprint density at radius 1 is 1.21 bits per heavy atom. The van der Waals surface area contributed by atoms with Crippen molar-refractivity contribution in [1.82, 2.24) is 14.9 Å². The molecule has 2 unspecified atom stereocenters. The van der Waals surface area contributed by atoms with E-state index in [-0.39, 0.29) is 24.5 Å². The van der Waals surface area contributed by atoms with Crippen LogP contribution >= 0.6 is 0 Å². The van der Waals surface area contributed by atoms with Gasteiger partial charge in [-0.3, -0.25) is 4.90 Å². The summed E-state index contributed by atoms with van der Waals surface area (Å²) in [6, 6.07) is 8.85. The van der Waals surface area contributed by atoms with Crippen LogP contribution in [0.4, 0.5) is 16.0 Å². The lowest BCUT2D eigenvalue weighted by molar-refractivity contribution is 0.0186. The first-order valence-corrected chi connectivity index (χ1v) is 10.3. The fraction of sp³-hybridized carbons (Fsp3) is 0.524. The summed E-state index contributed by atoms with van der Waals surface area (Å²) in [7, 11) is 0. The zero-order valence-electron chi connectivity index (χ0n) is 16.5. The topological polar surface area (TPSA) is 73.8 Å². The van der Waals surface area contributed by atoms with Gasteiger partial charge < -0.3 is 20.1 Å². The van der Waals surface area contributed by atoms with Crippen LogP contribution in [0.15, 0.2) is 36.7 Å². The van der Waals surface area contributed by atoms with Gasteiger partial charge in [0.2, 0.25) is 0 Å². The molecule has 3 heterocycles. The average molecular weight is 401 g/mol. The van der Waals surface area contributed by atoms with E-state index in [1.165, 1.54) is 6.07 Å². The highest BCUT2D eigenvalue weighted by atomic mass is 19.1. The zero-order chi connectivity index (χ0) is 20.1. The minimum atomic E-state index is -0.228. The molecule has 2 fully saturated rings. The third-order valence-electron chi connectivity index (χ3n) is 5.73. The number of halogens is 1. The number of benzene rings is 1. The van der Waals surface area contributed by atoms with Crippen LogP contribution < -0.4 is 10.2 Å². The van der Waals surface area contributed by atoms with E-state index in [1.54, 1.807) is 18.5 Å². The van der Waals surface area contributed by atoms with Crippen molar-refractivity contribution in [2.45, 2.75) is 24.9 Å². The molecular weight excluding hydrogens is 373 g/mol. The van der Waals surface area contributed by atoms with Crippen LogP contribution in [0, 0.1) is 5.82 Å². The van der Waals surface area contributed by atoms with Gasteiger partial charge in [-0.2, -0.15) is 0 Å². The second-order valence-corrected chi connectivity index (χ2v) is 7.53. The molecule has 0 radical (unpaired) electrons. The standard InChI is InChI=1S/C21H28FN5O2/c22-17-4-1-3-16(11-17)19(26-7-9-29-10-8-26)13-23-20-12-21(25-15-24-20)27-6-2-5-18(27)14-28/h1,3-4,11-12,15,18-19,28H,2,5-10,13-14H2,(H,23,24,25). The van der Waals surface area contributed by atoms with Gasteiger partial charge in [0.25, 0.3) is 0 Å². The number of nitrogens with one attached hydrogen (secondary N) is 1. The summed E-state index contributed by atoms with van der Waals surface area (Å²) in [6.45, 7) is 4.60. The lowest BCUT2D eigenvalue weighted by Crippen LogP contribution is -2.41. The Morgan fingerprint density at radius 2 is 2.07 bits per heavy atom. The normalized spacial score (nSPS) is 21.3. The molecule has 0 bridgehead atoms. The van der Waals surface area contributed by atoms with Gasteiger partial charge in [-0.15, -0.1) is 0 Å². The van der Waals surface area contributed by atoms with Crippen LogP contribution in [-0.2, 0) is 4.74 Å². The SMILES string of the molecule is OCC1CCCN1c1cc(NCC(c2cccc(F)c2)N2CCOCC2)ncn1. The predicted octanol–water partition coefficient (Wildman–Crippen LogP) is 2.06. The quantitative estimate of drug-likeness (QED) is 0.736. The van der Waals surface area contributed by atoms with E-state index in [9.17, 15) is 9.50 Å². The Kier molecular flexibility index (Phi) is 6.53. The Balaban J connectivity index is 1.49. The third kappa shape index (κ3) is 4.83. The van der Waals surface area contributed by atoms with Gasteiger partial charge >= 0.3 is 0 Å². The van der Waals surface area contributed by atoms with Crippen molar-refractivity contribution in [2.24, 2.45) is 0 Å². The van der Waals surface area contributed by atoms with Crippen LogP contribution in [0.5, 0.6) is 0 Å². The van der Waals surface area contributed by atoms with E-state index >= 15 is 0 Å². The highest BCUT2D eigenvalue weighted by Crippen LogP contribution is 2.26. The average Bonchev–Trinajstić information content (AvgIpc) is 3.24. The molecule has 0 amide bonds. The molecule has 29 heavy (non-hydrogen) atoms. The smallest absolute Gasteiger partial charge is 0.134 e. The summed E-state index contributed by atoms with van der Waals surface area (Å²) < 4.78 is 19.3. The molecule has 2 aromatic rings. The van der Waals surface area contributed by atoms with E-state index < -0.39 is 0 Å². The first-order chi connectivity index (χ1) is 14.2. The number of hydrogen-bond acceptors (Lipinski definition) is 7. The van der Waals surface area contributed by atoms with Crippen molar-refractivity contribution < 1.29 is 14.2 Å². The summed E-state index contributed by atoms with van der Waals surface area (Å²) in [5, 5.41) is 13.0. The Labute approximate surface area is 170 Å². The number of nitrogens with zero attached hydrogens (tertiary/aromatic N) is 4. The molecule has 0 aliphatic carbocycles. The lowest BCUT2D eigenvalue weighted by atomic mass is 10.0. The van der Waals surface area contributed by atoms with Crippen LogP contribution in [0.3, 0.4) is 0 Å². The summed E-state index contributed by atoms with van der Waals surface area (Å²) in [5.41, 5.74) is 0.938. The fourth-order valence-corrected chi connectivity index (χ4v) is 4.19. The minimum absolute atomic E-state index is 0.0185. The number of ether oxygens (including phenoxy) is 1. The number of rotatable bonds is 7. The Morgan fingerprint density at radius 3 is 2.86 bits per heavy atom. The number of anilines is 2. The number of hydrogen-bond donors (Lipinski definition) is 2. The summed E-state index contributed by atoms with van der Waals surface area (Å²) in [5.74, 6) is 1.33. The Hall–Kier alpha value is -2.29. The van der Waals surface area contributed by atoms with Crippen molar-refractivity contribution in [3.05, 3.63) is 48.0 Å². The maximum absolute atomic E-state index is 13.8. The van der Waals surface area contributed by atoms with Crippen molar-refractivity contribution in [2.75, 3.05) is 56.2 Å². The maximum atomic E-state index is 13.8. The van der Waals surface area contributed by atoms with Gasteiger partial charge in [-0.05, 0) is 30.5 Å². The first kappa shape index (κ1) is 20.0. The Bertz CT molecular complexity index is 802. The third-order valence-corrected chi connectivity index (χ3v) is 5.73. The predicted molar refractivity (Wildman–Crippen MR) is 110 cm³/mol. The molecule has 4 rings (SSSR count). The highest BCUT2D eigenvalue weighted by molar-refractivity contribution is 5.50. The molecule has 0 saturated carbocycles. The largest absolute Gasteiger partial charge is 0.394 e. The molecule has 2 aliphatic rings. The van der Waals surface area contributed by atoms with E-state index in [0.29, 0.717) is 19.8 Å². The lowest BCUT2D eigenvalue weighted by Gasteiger charge is -2.35. The van der Waals surface area contributed by atoms with Gasteiger partial charge in [0, 0.05) is 32.2 Å². The minimum Gasteiger partial charge on any atom is -0.394 e. The summed E-state index contributed by atoms with van der Waals surface area (Å²) >= 11 is 0. The van der Waals surface area contributed by atoms with E-state index in [0.717, 1.165) is 49.7 Å². The molecule has 0 spiro atoms. The van der Waals surface area contributed by atoms with Crippen LogP contribution in [0.25, 0.3) is 0 Å². The second-order valence-electron chi connectivity index (χ2n) is 7.53. The molecule has 2 atom stereocenters. The monoisotopic (exact) mass is 401 g/mol. The molecule has 2 aliphatic heterocycles. The summed E-state index contributed by atoms with van der Waals surface area (Å²) in [6.07, 6.45) is 3.58. The van der Waals surface area contributed by atoms with Gasteiger partial charge in [0.1, 0.15) is 23.8 Å². The van der Waals surface area contributed by atoms with Crippen molar-refractivity contribution in [3.8, 4) is 0 Å². The maximum Gasteiger partial charge on any atom is 0.134 e. The molecule has 7 nitrogen and oxygen atoms in total. The number of aromatic nitrogens is 2. The molecule has 1 aromatic heterocycles. The van der Waals surface area contributed by atoms with E-state index in [2.05, 4.69) is 25.1 Å². The molecule has 2 N–H and O–H groups in total. The van der Waals surface area contributed by atoms with Crippen molar-refractivity contribution >= 4 is 11.6 Å². The van der Waals surface area contributed by atoms with Gasteiger partial charge in [-0.25, -0.2) is 14.4 Å². The number of aliphatic hydroxyl groups is 1. The van der Waals surface area contributed by atoms with Crippen molar-refractivity contribution in [1.29, 1.82) is 0 Å². The molecule has 1 aromatic carbocycles. The van der Waals surface area contributed by atoms with Crippen LogP contribution in [0.1, 0.15) is 24.4 Å². The molecule has 2 saturated heterocycles. The van der Waals surface area contributed by atoms with Crippen molar-refractivity contribution in [3.63, 3.8) is 0 Å². The van der Waals surface area contributed by atoms with Crippen LogP contribution in [0.2, 0.25) is 0 Å².